The Morgan fingerprint density at radius 2 is 1.66 bits per heavy atom. The van der Waals surface area contributed by atoms with Gasteiger partial charge in [0.1, 0.15) is 11.9 Å². The lowest BCUT2D eigenvalue weighted by Gasteiger charge is -2.18. The van der Waals surface area contributed by atoms with E-state index in [1.54, 1.807) is 36.4 Å². The Labute approximate surface area is 169 Å². The highest BCUT2D eigenvalue weighted by molar-refractivity contribution is 5.98. The average molecular weight is 400 g/mol. The molecule has 4 N–H and O–H groups in total. The van der Waals surface area contributed by atoms with Crippen LogP contribution in [0.15, 0.2) is 48.5 Å². The maximum atomic E-state index is 12.9. The van der Waals surface area contributed by atoms with Crippen LogP contribution in [0, 0.1) is 5.82 Å². The Balaban J connectivity index is 1.93. The monoisotopic (exact) mass is 400 g/mol. The second-order valence-electron chi connectivity index (χ2n) is 6.55. The summed E-state index contributed by atoms with van der Waals surface area (Å²) in [7, 11) is 0. The van der Waals surface area contributed by atoms with Crippen molar-refractivity contribution in [3.8, 4) is 0 Å². The zero-order valence-electron chi connectivity index (χ0n) is 16.4. The van der Waals surface area contributed by atoms with Gasteiger partial charge in [-0.2, -0.15) is 0 Å². The Morgan fingerprint density at radius 3 is 2.28 bits per heavy atom. The second-order valence-corrected chi connectivity index (χ2v) is 6.55. The predicted molar refractivity (Wildman–Crippen MR) is 110 cm³/mol. The van der Waals surface area contributed by atoms with Gasteiger partial charge in [-0.25, -0.2) is 9.18 Å². The Morgan fingerprint density at radius 1 is 1.00 bits per heavy atom. The molecule has 0 heterocycles. The molecule has 154 valence electrons. The van der Waals surface area contributed by atoms with Crippen LogP contribution in [0.25, 0.3) is 0 Å². The molecule has 2 aromatic rings. The van der Waals surface area contributed by atoms with Gasteiger partial charge in [0.2, 0.25) is 11.8 Å². The normalized spacial score (nSPS) is 11.3. The van der Waals surface area contributed by atoms with Crippen LogP contribution < -0.4 is 21.3 Å². The van der Waals surface area contributed by atoms with Gasteiger partial charge in [0.15, 0.2) is 0 Å². The summed E-state index contributed by atoms with van der Waals surface area (Å²) in [5, 5.41) is 10.7. The van der Waals surface area contributed by atoms with Crippen molar-refractivity contribution in [3.63, 3.8) is 0 Å². The van der Waals surface area contributed by atoms with Gasteiger partial charge in [0, 0.05) is 24.8 Å². The summed E-state index contributed by atoms with van der Waals surface area (Å²) in [5.74, 6) is -0.916. The van der Waals surface area contributed by atoms with Crippen molar-refractivity contribution in [1.29, 1.82) is 0 Å². The van der Waals surface area contributed by atoms with Crippen molar-refractivity contribution in [2.24, 2.45) is 0 Å². The molecule has 0 saturated heterocycles. The predicted octanol–water partition coefficient (Wildman–Crippen LogP) is 3.39. The molecule has 0 saturated carbocycles. The summed E-state index contributed by atoms with van der Waals surface area (Å²) < 4.78 is 12.9. The summed E-state index contributed by atoms with van der Waals surface area (Å²) in [6.07, 6.45) is 1.16. The summed E-state index contributed by atoms with van der Waals surface area (Å²) >= 11 is 0. The van der Waals surface area contributed by atoms with E-state index in [0.717, 1.165) is 5.56 Å². The highest BCUT2D eigenvalue weighted by Crippen LogP contribution is 2.15. The summed E-state index contributed by atoms with van der Waals surface area (Å²) in [6, 6.07) is 11.3. The van der Waals surface area contributed by atoms with Crippen LogP contribution in [0.3, 0.4) is 0 Å². The van der Waals surface area contributed by atoms with E-state index in [-0.39, 0.29) is 24.2 Å². The first-order valence-electron chi connectivity index (χ1n) is 9.34. The fourth-order valence-corrected chi connectivity index (χ4v) is 2.66. The van der Waals surface area contributed by atoms with Gasteiger partial charge >= 0.3 is 6.03 Å². The maximum absolute atomic E-state index is 12.9. The molecule has 0 aliphatic carbocycles. The molecule has 8 heteroatoms. The molecule has 7 nitrogen and oxygen atoms in total. The third-order valence-corrected chi connectivity index (χ3v) is 4.02. The van der Waals surface area contributed by atoms with Crippen LogP contribution in [0.5, 0.6) is 0 Å². The number of benzene rings is 2. The van der Waals surface area contributed by atoms with E-state index in [1.807, 2.05) is 6.92 Å². The first kappa shape index (κ1) is 21.9. The van der Waals surface area contributed by atoms with Crippen molar-refractivity contribution >= 4 is 29.2 Å². The molecule has 2 rings (SSSR count). The molecule has 0 aliphatic heterocycles. The third-order valence-electron chi connectivity index (χ3n) is 4.02. The lowest BCUT2D eigenvalue weighted by atomic mass is 10.1. The van der Waals surface area contributed by atoms with Crippen LogP contribution in [0.4, 0.5) is 20.6 Å². The molecule has 2 aromatic carbocycles. The van der Waals surface area contributed by atoms with Gasteiger partial charge in [-0.15, -0.1) is 0 Å². The molecule has 0 bridgehead atoms. The maximum Gasteiger partial charge on any atom is 0.315 e. The summed E-state index contributed by atoms with van der Waals surface area (Å²) in [6.45, 7) is 3.53. The van der Waals surface area contributed by atoms with Crippen molar-refractivity contribution in [2.45, 2.75) is 39.3 Å². The van der Waals surface area contributed by atoms with E-state index in [9.17, 15) is 18.8 Å². The summed E-state index contributed by atoms with van der Waals surface area (Å²) in [4.78, 5) is 35.9. The number of nitrogens with one attached hydrogen (secondary N) is 4. The first-order chi connectivity index (χ1) is 13.9. The molecule has 0 aromatic heterocycles. The molecule has 4 amide bonds. The highest BCUT2D eigenvalue weighted by atomic mass is 19.1. The second kappa shape index (κ2) is 10.8. The van der Waals surface area contributed by atoms with Crippen molar-refractivity contribution < 1.29 is 18.8 Å². The van der Waals surface area contributed by atoms with E-state index in [0.29, 0.717) is 24.2 Å². The lowest BCUT2D eigenvalue weighted by Crippen LogP contribution is -2.47. The molecule has 1 atom stereocenters. The Kier molecular flexibility index (Phi) is 8.14. The fourth-order valence-electron chi connectivity index (χ4n) is 2.66. The van der Waals surface area contributed by atoms with Crippen molar-refractivity contribution in [2.75, 3.05) is 10.6 Å². The molecule has 0 aliphatic rings. The van der Waals surface area contributed by atoms with Crippen LogP contribution in [-0.2, 0) is 16.1 Å². The Bertz CT molecular complexity index is 855. The largest absolute Gasteiger partial charge is 0.334 e. The topological polar surface area (TPSA) is 99.3 Å². The van der Waals surface area contributed by atoms with Gasteiger partial charge in [-0.1, -0.05) is 31.5 Å². The summed E-state index contributed by atoms with van der Waals surface area (Å²) in [5.41, 5.74) is 1.82. The first-order valence-corrected chi connectivity index (χ1v) is 9.34. The number of hydrogen-bond donors (Lipinski definition) is 4. The number of carbonyl (C=O) groups excluding carboxylic acids is 3. The van der Waals surface area contributed by atoms with E-state index in [2.05, 4.69) is 21.3 Å². The molecule has 29 heavy (non-hydrogen) atoms. The smallest absolute Gasteiger partial charge is 0.315 e. The van der Waals surface area contributed by atoms with Crippen LogP contribution in [-0.4, -0.2) is 23.9 Å². The van der Waals surface area contributed by atoms with Gasteiger partial charge in [-0.3, -0.25) is 9.59 Å². The standard InChI is InChI=1S/C21H25FN4O3/c1-3-5-19(26-21(29)23-13-15-8-10-16(22)11-9-15)20(28)25-18-7-4-6-17(12-18)24-14(2)27/h4,6-12,19H,3,5,13H2,1-2H3,(H,24,27)(H,25,28)(H2,23,26,29). The quantitative estimate of drug-likeness (QED) is 0.547. The fraction of sp³-hybridized carbons (Fsp3) is 0.286. The number of anilines is 2. The number of urea groups is 1. The molecule has 1 unspecified atom stereocenters. The molecular weight excluding hydrogens is 375 g/mol. The van der Waals surface area contributed by atoms with E-state index in [1.165, 1.54) is 19.1 Å². The minimum absolute atomic E-state index is 0.211. The highest BCUT2D eigenvalue weighted by Gasteiger charge is 2.20. The van der Waals surface area contributed by atoms with Crippen LogP contribution in [0.2, 0.25) is 0 Å². The molecule has 0 radical (unpaired) electrons. The number of hydrogen-bond acceptors (Lipinski definition) is 3. The van der Waals surface area contributed by atoms with E-state index >= 15 is 0 Å². The zero-order valence-corrected chi connectivity index (χ0v) is 16.4. The van der Waals surface area contributed by atoms with Gasteiger partial charge in [0.05, 0.1) is 0 Å². The van der Waals surface area contributed by atoms with Crippen LogP contribution >= 0.6 is 0 Å². The average Bonchev–Trinajstić information content (AvgIpc) is 2.67. The van der Waals surface area contributed by atoms with E-state index in [4.69, 9.17) is 0 Å². The molecular formula is C21H25FN4O3. The Hall–Kier alpha value is -3.42. The van der Waals surface area contributed by atoms with Crippen molar-refractivity contribution in [1.82, 2.24) is 10.6 Å². The van der Waals surface area contributed by atoms with Crippen LogP contribution in [0.1, 0.15) is 32.3 Å². The van der Waals surface area contributed by atoms with Gasteiger partial charge < -0.3 is 21.3 Å². The SMILES string of the molecule is CCCC(NC(=O)NCc1ccc(F)cc1)C(=O)Nc1cccc(NC(C)=O)c1. The van der Waals surface area contributed by atoms with Gasteiger partial charge in [0.25, 0.3) is 0 Å². The van der Waals surface area contributed by atoms with Crippen molar-refractivity contribution in [3.05, 3.63) is 59.9 Å². The lowest BCUT2D eigenvalue weighted by molar-refractivity contribution is -0.118. The van der Waals surface area contributed by atoms with E-state index < -0.39 is 12.1 Å². The number of carbonyl (C=O) groups is 3. The van der Waals surface area contributed by atoms with Gasteiger partial charge in [-0.05, 0) is 42.3 Å². The molecule has 0 spiro atoms. The number of amides is 4. The minimum Gasteiger partial charge on any atom is -0.334 e. The number of rotatable bonds is 8. The molecule has 0 fully saturated rings. The minimum atomic E-state index is -0.724. The zero-order chi connectivity index (χ0) is 21.2. The number of halogens is 1. The third kappa shape index (κ3) is 7.61.